The van der Waals surface area contributed by atoms with Crippen LogP contribution in [-0.2, 0) is 0 Å². The van der Waals surface area contributed by atoms with Crippen molar-refractivity contribution in [1.82, 2.24) is 5.32 Å². The molecule has 1 aromatic rings. The number of unbranched alkanes of at least 4 members (excludes halogenated alkanes) is 2. The van der Waals surface area contributed by atoms with Crippen LogP contribution in [0.3, 0.4) is 0 Å². The van der Waals surface area contributed by atoms with E-state index in [1.807, 2.05) is 0 Å². The molecule has 1 N–H and O–H groups in total. The molecule has 1 atom stereocenters. The van der Waals surface area contributed by atoms with E-state index in [2.05, 4.69) is 60.2 Å². The van der Waals surface area contributed by atoms with Gasteiger partial charge in [0.15, 0.2) is 0 Å². The summed E-state index contributed by atoms with van der Waals surface area (Å²) in [5, 5.41) is 3.61. The molecule has 0 radical (unpaired) electrons. The predicted octanol–water partition coefficient (Wildman–Crippen LogP) is 4.99. The van der Waals surface area contributed by atoms with Gasteiger partial charge in [-0.3, -0.25) is 0 Å². The van der Waals surface area contributed by atoms with E-state index in [-0.39, 0.29) is 0 Å². The Hall–Kier alpha value is -0.340. The first-order valence-corrected chi connectivity index (χ1v) is 7.48. The molecule has 0 aliphatic carbocycles. The Morgan fingerprint density at radius 3 is 2.65 bits per heavy atom. The lowest BCUT2D eigenvalue weighted by Gasteiger charge is -2.21. The Morgan fingerprint density at radius 2 is 2.00 bits per heavy atom. The van der Waals surface area contributed by atoms with E-state index in [1.54, 1.807) is 0 Å². The molecule has 17 heavy (non-hydrogen) atoms. The monoisotopic (exact) mass is 297 g/mol. The second kappa shape index (κ2) is 7.88. The van der Waals surface area contributed by atoms with Crippen molar-refractivity contribution in [3.8, 4) is 0 Å². The Morgan fingerprint density at radius 1 is 1.24 bits per heavy atom. The fourth-order valence-corrected chi connectivity index (χ4v) is 2.60. The van der Waals surface area contributed by atoms with E-state index in [9.17, 15) is 0 Å². The summed E-state index contributed by atoms with van der Waals surface area (Å²) in [7, 11) is 0. The molecule has 0 aliphatic rings. The molecular weight excluding hydrogens is 274 g/mol. The Kier molecular flexibility index (Phi) is 6.83. The summed E-state index contributed by atoms with van der Waals surface area (Å²) in [5.41, 5.74) is 2.81. The highest BCUT2D eigenvalue weighted by atomic mass is 79.9. The maximum absolute atomic E-state index is 3.62. The average molecular weight is 298 g/mol. The zero-order chi connectivity index (χ0) is 12.7. The summed E-state index contributed by atoms with van der Waals surface area (Å²) in [4.78, 5) is 0. The van der Waals surface area contributed by atoms with Gasteiger partial charge >= 0.3 is 0 Å². The van der Waals surface area contributed by atoms with Crippen molar-refractivity contribution in [3.05, 3.63) is 33.8 Å². The minimum absolute atomic E-state index is 0.504. The summed E-state index contributed by atoms with van der Waals surface area (Å²) in [6.07, 6.45) is 5.16. The van der Waals surface area contributed by atoms with Crippen LogP contribution >= 0.6 is 15.9 Å². The van der Waals surface area contributed by atoms with E-state index >= 15 is 0 Å². The molecule has 0 fully saturated rings. The van der Waals surface area contributed by atoms with Crippen LogP contribution in [0.2, 0.25) is 0 Å². The van der Waals surface area contributed by atoms with Gasteiger partial charge in [-0.05, 0) is 37.1 Å². The zero-order valence-corrected chi connectivity index (χ0v) is 12.8. The van der Waals surface area contributed by atoms with Crippen molar-refractivity contribution in [2.75, 3.05) is 6.54 Å². The lowest BCUT2D eigenvalue weighted by atomic mass is 9.96. The van der Waals surface area contributed by atoms with Crippen molar-refractivity contribution < 1.29 is 0 Å². The maximum Gasteiger partial charge on any atom is 0.0323 e. The summed E-state index contributed by atoms with van der Waals surface area (Å²) >= 11 is 3.62. The number of rotatable bonds is 7. The molecule has 1 aromatic carbocycles. The Bertz CT molecular complexity index is 336. The van der Waals surface area contributed by atoms with E-state index in [0.717, 1.165) is 6.54 Å². The van der Waals surface area contributed by atoms with Crippen LogP contribution < -0.4 is 5.32 Å². The lowest BCUT2D eigenvalue weighted by molar-refractivity contribution is 0.484. The van der Waals surface area contributed by atoms with Gasteiger partial charge in [-0.2, -0.15) is 0 Å². The summed E-state index contributed by atoms with van der Waals surface area (Å²) in [6.45, 7) is 7.67. The third kappa shape index (κ3) is 4.44. The summed E-state index contributed by atoms with van der Waals surface area (Å²) < 4.78 is 1.22. The van der Waals surface area contributed by atoms with Crippen molar-refractivity contribution >= 4 is 15.9 Å². The highest BCUT2D eigenvalue weighted by molar-refractivity contribution is 9.10. The topological polar surface area (TPSA) is 12.0 Å². The number of benzene rings is 1. The van der Waals surface area contributed by atoms with Crippen LogP contribution in [0.5, 0.6) is 0 Å². The van der Waals surface area contributed by atoms with E-state index < -0.39 is 0 Å². The summed E-state index contributed by atoms with van der Waals surface area (Å²) in [5.74, 6) is 0. The van der Waals surface area contributed by atoms with Crippen LogP contribution in [0, 0.1) is 6.92 Å². The molecule has 1 rings (SSSR count). The number of halogens is 1. The molecule has 0 saturated carbocycles. The van der Waals surface area contributed by atoms with Gasteiger partial charge in [0, 0.05) is 10.5 Å². The molecule has 0 saturated heterocycles. The molecule has 96 valence electrons. The normalized spacial score (nSPS) is 12.7. The van der Waals surface area contributed by atoms with Gasteiger partial charge < -0.3 is 5.32 Å². The summed E-state index contributed by atoms with van der Waals surface area (Å²) in [6, 6.07) is 7.01. The predicted molar refractivity (Wildman–Crippen MR) is 79.4 cm³/mol. The average Bonchev–Trinajstić information content (AvgIpc) is 2.32. The molecule has 2 heteroatoms. The molecule has 0 aliphatic heterocycles. The van der Waals surface area contributed by atoms with E-state index in [1.165, 1.54) is 41.3 Å². The first kappa shape index (κ1) is 14.7. The fraction of sp³-hybridized carbons (Fsp3) is 0.600. The minimum Gasteiger partial charge on any atom is -0.310 e. The van der Waals surface area contributed by atoms with Gasteiger partial charge in [0.2, 0.25) is 0 Å². The Balaban J connectivity index is 2.77. The quantitative estimate of drug-likeness (QED) is 0.699. The molecular formula is C15H24BrN. The number of hydrogen-bond acceptors (Lipinski definition) is 1. The molecule has 0 heterocycles. The highest BCUT2D eigenvalue weighted by Crippen LogP contribution is 2.27. The first-order chi connectivity index (χ1) is 8.20. The largest absolute Gasteiger partial charge is 0.310 e. The van der Waals surface area contributed by atoms with E-state index in [4.69, 9.17) is 0 Å². The SMILES string of the molecule is CCCCCC(NCC)c1cccc(Br)c1C. The minimum atomic E-state index is 0.504. The van der Waals surface area contributed by atoms with Crippen molar-refractivity contribution in [2.24, 2.45) is 0 Å². The molecule has 0 aromatic heterocycles. The van der Waals surface area contributed by atoms with Gasteiger partial charge in [-0.25, -0.2) is 0 Å². The van der Waals surface area contributed by atoms with Crippen LogP contribution in [-0.4, -0.2) is 6.54 Å². The van der Waals surface area contributed by atoms with Crippen LogP contribution in [0.15, 0.2) is 22.7 Å². The van der Waals surface area contributed by atoms with Gasteiger partial charge in [-0.1, -0.05) is 61.2 Å². The second-order valence-electron chi connectivity index (χ2n) is 4.56. The van der Waals surface area contributed by atoms with Gasteiger partial charge in [0.1, 0.15) is 0 Å². The molecule has 0 spiro atoms. The van der Waals surface area contributed by atoms with E-state index in [0.29, 0.717) is 6.04 Å². The molecule has 0 amide bonds. The molecule has 0 bridgehead atoms. The van der Waals surface area contributed by atoms with Crippen molar-refractivity contribution in [3.63, 3.8) is 0 Å². The Labute approximate surface area is 114 Å². The second-order valence-corrected chi connectivity index (χ2v) is 5.41. The highest BCUT2D eigenvalue weighted by Gasteiger charge is 2.13. The lowest BCUT2D eigenvalue weighted by Crippen LogP contribution is -2.21. The third-order valence-electron chi connectivity index (χ3n) is 3.23. The van der Waals surface area contributed by atoms with Crippen LogP contribution in [0.4, 0.5) is 0 Å². The number of nitrogens with one attached hydrogen (secondary N) is 1. The van der Waals surface area contributed by atoms with Crippen molar-refractivity contribution in [2.45, 2.75) is 52.5 Å². The first-order valence-electron chi connectivity index (χ1n) is 6.69. The number of hydrogen-bond donors (Lipinski definition) is 1. The maximum atomic E-state index is 3.62. The van der Waals surface area contributed by atoms with Crippen LogP contribution in [0.1, 0.15) is 56.7 Å². The zero-order valence-electron chi connectivity index (χ0n) is 11.2. The fourth-order valence-electron chi connectivity index (χ4n) is 2.21. The van der Waals surface area contributed by atoms with Crippen LogP contribution in [0.25, 0.3) is 0 Å². The van der Waals surface area contributed by atoms with Gasteiger partial charge in [0.25, 0.3) is 0 Å². The molecule has 1 unspecified atom stereocenters. The standard InChI is InChI=1S/C15H24BrN/c1-4-6-7-11-15(17-5-2)13-9-8-10-14(16)12(13)3/h8-10,15,17H,4-7,11H2,1-3H3. The van der Waals surface area contributed by atoms with Gasteiger partial charge in [0.05, 0.1) is 0 Å². The van der Waals surface area contributed by atoms with Gasteiger partial charge in [-0.15, -0.1) is 0 Å². The van der Waals surface area contributed by atoms with Crippen molar-refractivity contribution in [1.29, 1.82) is 0 Å². The smallest absolute Gasteiger partial charge is 0.0323 e. The third-order valence-corrected chi connectivity index (χ3v) is 4.09. The molecule has 1 nitrogen and oxygen atoms in total.